The minimum atomic E-state index is -0.0623. The van der Waals surface area contributed by atoms with Gasteiger partial charge >= 0.3 is 0 Å². The highest BCUT2D eigenvalue weighted by molar-refractivity contribution is 6.05. The SMILES string of the molecule is Cc1cc(C)cc(C(=O)Nc2ccc3[nH]c4c(c3c2)CN(C)CC4)c1. The van der Waals surface area contributed by atoms with Crippen molar-refractivity contribution >= 4 is 22.5 Å². The number of hydrogen-bond donors (Lipinski definition) is 2. The molecule has 3 aromatic rings. The second-order valence-electron chi connectivity index (χ2n) is 7.16. The molecule has 4 rings (SSSR count). The van der Waals surface area contributed by atoms with E-state index in [1.165, 1.54) is 16.6 Å². The molecule has 1 amide bonds. The largest absolute Gasteiger partial charge is 0.358 e. The summed E-state index contributed by atoms with van der Waals surface area (Å²) in [6.07, 6.45) is 1.05. The van der Waals surface area contributed by atoms with Crippen LogP contribution in [0.1, 0.15) is 32.7 Å². The van der Waals surface area contributed by atoms with Gasteiger partial charge in [0.15, 0.2) is 0 Å². The Morgan fingerprint density at radius 2 is 1.88 bits per heavy atom. The molecule has 0 bridgehead atoms. The van der Waals surface area contributed by atoms with E-state index >= 15 is 0 Å². The number of nitrogens with zero attached hydrogens (tertiary/aromatic N) is 1. The lowest BCUT2D eigenvalue weighted by Crippen LogP contribution is -2.26. The molecule has 2 heterocycles. The van der Waals surface area contributed by atoms with Crippen molar-refractivity contribution in [2.24, 2.45) is 0 Å². The first-order chi connectivity index (χ1) is 12.0. The molecule has 0 saturated carbocycles. The molecule has 1 aromatic heterocycles. The number of rotatable bonds is 2. The lowest BCUT2D eigenvalue weighted by atomic mass is 10.0. The van der Waals surface area contributed by atoms with E-state index in [-0.39, 0.29) is 5.91 Å². The van der Waals surface area contributed by atoms with E-state index < -0.39 is 0 Å². The molecule has 0 radical (unpaired) electrons. The highest BCUT2D eigenvalue weighted by Gasteiger charge is 2.18. The molecule has 128 valence electrons. The number of benzene rings is 2. The Balaban J connectivity index is 1.65. The van der Waals surface area contributed by atoms with Gasteiger partial charge in [-0.2, -0.15) is 0 Å². The van der Waals surface area contributed by atoms with Crippen molar-refractivity contribution in [1.29, 1.82) is 0 Å². The molecule has 2 aromatic carbocycles. The van der Waals surface area contributed by atoms with Crippen molar-refractivity contribution in [3.05, 3.63) is 64.3 Å². The number of aromatic amines is 1. The molecule has 4 heteroatoms. The van der Waals surface area contributed by atoms with Crippen molar-refractivity contribution in [1.82, 2.24) is 9.88 Å². The third kappa shape index (κ3) is 3.05. The second-order valence-corrected chi connectivity index (χ2v) is 7.16. The average molecular weight is 333 g/mol. The van der Waals surface area contributed by atoms with E-state index in [0.717, 1.165) is 41.8 Å². The third-order valence-corrected chi connectivity index (χ3v) is 4.91. The van der Waals surface area contributed by atoms with Gasteiger partial charge in [-0.15, -0.1) is 0 Å². The molecule has 0 atom stereocenters. The van der Waals surface area contributed by atoms with Gasteiger partial charge in [0.1, 0.15) is 0 Å². The van der Waals surface area contributed by atoms with Crippen LogP contribution in [-0.2, 0) is 13.0 Å². The minimum Gasteiger partial charge on any atom is -0.358 e. The van der Waals surface area contributed by atoms with Gasteiger partial charge in [0.05, 0.1) is 0 Å². The van der Waals surface area contributed by atoms with Crippen LogP contribution in [0.25, 0.3) is 10.9 Å². The van der Waals surface area contributed by atoms with E-state index in [2.05, 4.69) is 40.4 Å². The molecule has 0 unspecified atom stereocenters. The monoisotopic (exact) mass is 333 g/mol. The van der Waals surface area contributed by atoms with Crippen LogP contribution < -0.4 is 5.32 Å². The normalized spacial score (nSPS) is 14.5. The van der Waals surface area contributed by atoms with Gasteiger partial charge in [-0.3, -0.25) is 4.79 Å². The number of carbonyl (C=O) groups excluding carboxylic acids is 1. The van der Waals surface area contributed by atoms with Gasteiger partial charge in [-0.05, 0) is 56.8 Å². The standard InChI is InChI=1S/C21H23N3O/c1-13-8-14(2)10-15(9-13)21(25)22-16-4-5-19-17(11-16)18-12-24(3)7-6-20(18)23-19/h4-5,8-11,23H,6-7,12H2,1-3H3,(H,22,25). The molecule has 4 nitrogen and oxygen atoms in total. The molecule has 0 aliphatic carbocycles. The molecule has 0 fully saturated rings. The van der Waals surface area contributed by atoms with Crippen LogP contribution >= 0.6 is 0 Å². The number of aromatic nitrogens is 1. The van der Waals surface area contributed by atoms with Gasteiger partial charge < -0.3 is 15.2 Å². The Morgan fingerprint density at radius 1 is 1.12 bits per heavy atom. The molecule has 1 aliphatic heterocycles. The maximum Gasteiger partial charge on any atom is 0.255 e. The van der Waals surface area contributed by atoms with Crippen molar-refractivity contribution < 1.29 is 4.79 Å². The zero-order chi connectivity index (χ0) is 17.6. The molecule has 0 saturated heterocycles. The first kappa shape index (κ1) is 15.9. The summed E-state index contributed by atoms with van der Waals surface area (Å²) in [5, 5.41) is 4.25. The number of anilines is 1. The van der Waals surface area contributed by atoms with E-state index in [4.69, 9.17) is 0 Å². The Hall–Kier alpha value is -2.59. The zero-order valence-corrected chi connectivity index (χ0v) is 14.9. The fourth-order valence-corrected chi connectivity index (χ4v) is 3.74. The van der Waals surface area contributed by atoms with Crippen molar-refractivity contribution in [2.45, 2.75) is 26.8 Å². The lowest BCUT2D eigenvalue weighted by molar-refractivity contribution is 0.102. The second kappa shape index (κ2) is 6.05. The fourth-order valence-electron chi connectivity index (χ4n) is 3.74. The van der Waals surface area contributed by atoms with Crippen LogP contribution in [-0.4, -0.2) is 29.4 Å². The summed E-state index contributed by atoms with van der Waals surface area (Å²) in [5.74, 6) is -0.0623. The zero-order valence-electron chi connectivity index (χ0n) is 14.9. The van der Waals surface area contributed by atoms with Crippen LogP contribution in [0.5, 0.6) is 0 Å². The van der Waals surface area contributed by atoms with Gasteiger partial charge in [-0.1, -0.05) is 17.2 Å². The van der Waals surface area contributed by atoms with Crippen molar-refractivity contribution in [3.8, 4) is 0 Å². The van der Waals surface area contributed by atoms with Crippen LogP contribution in [0.3, 0.4) is 0 Å². The lowest BCUT2D eigenvalue weighted by Gasteiger charge is -2.22. The molecule has 0 spiro atoms. The van der Waals surface area contributed by atoms with Crippen molar-refractivity contribution in [3.63, 3.8) is 0 Å². The highest BCUT2D eigenvalue weighted by atomic mass is 16.1. The first-order valence-corrected chi connectivity index (χ1v) is 8.71. The van der Waals surface area contributed by atoms with Crippen LogP contribution in [0.4, 0.5) is 5.69 Å². The highest BCUT2D eigenvalue weighted by Crippen LogP contribution is 2.29. The summed E-state index contributed by atoms with van der Waals surface area (Å²) in [6, 6.07) is 12.0. The van der Waals surface area contributed by atoms with E-state index in [9.17, 15) is 4.79 Å². The van der Waals surface area contributed by atoms with E-state index in [1.54, 1.807) is 0 Å². The summed E-state index contributed by atoms with van der Waals surface area (Å²) in [4.78, 5) is 18.5. The number of aryl methyl sites for hydroxylation is 2. The Labute approximate surface area is 147 Å². The number of amides is 1. The molecule has 1 aliphatic rings. The third-order valence-electron chi connectivity index (χ3n) is 4.91. The number of hydrogen-bond acceptors (Lipinski definition) is 2. The Morgan fingerprint density at radius 3 is 2.64 bits per heavy atom. The summed E-state index contributed by atoms with van der Waals surface area (Å²) >= 11 is 0. The van der Waals surface area contributed by atoms with E-state index in [0.29, 0.717) is 5.56 Å². The average Bonchev–Trinajstić information content (AvgIpc) is 2.91. The first-order valence-electron chi connectivity index (χ1n) is 8.71. The van der Waals surface area contributed by atoms with Gasteiger partial charge in [0.2, 0.25) is 0 Å². The molecular weight excluding hydrogens is 310 g/mol. The van der Waals surface area contributed by atoms with Gasteiger partial charge in [0, 0.05) is 47.4 Å². The number of H-pyrrole nitrogens is 1. The maximum atomic E-state index is 12.6. The quantitative estimate of drug-likeness (QED) is 0.744. The fraction of sp³-hybridized carbons (Fsp3) is 0.286. The van der Waals surface area contributed by atoms with Crippen molar-refractivity contribution in [2.75, 3.05) is 18.9 Å². The van der Waals surface area contributed by atoms with Gasteiger partial charge in [0.25, 0.3) is 5.91 Å². The number of carbonyl (C=O) groups is 1. The summed E-state index contributed by atoms with van der Waals surface area (Å²) in [7, 11) is 2.15. The minimum absolute atomic E-state index is 0.0623. The summed E-state index contributed by atoms with van der Waals surface area (Å²) in [5.41, 5.74) is 7.56. The topological polar surface area (TPSA) is 48.1 Å². The molecule has 25 heavy (non-hydrogen) atoms. The molecular formula is C21H23N3O. The number of likely N-dealkylation sites (N-methyl/N-ethyl adjacent to an activating group) is 1. The van der Waals surface area contributed by atoms with Crippen LogP contribution in [0, 0.1) is 13.8 Å². The maximum absolute atomic E-state index is 12.6. The predicted octanol–water partition coefficient (Wildman–Crippen LogP) is 4.02. The Bertz CT molecular complexity index is 950. The predicted molar refractivity (Wildman–Crippen MR) is 102 cm³/mol. The Kier molecular flexibility index (Phi) is 3.85. The molecule has 2 N–H and O–H groups in total. The van der Waals surface area contributed by atoms with E-state index in [1.807, 2.05) is 32.0 Å². The van der Waals surface area contributed by atoms with Gasteiger partial charge in [-0.25, -0.2) is 0 Å². The summed E-state index contributed by atoms with van der Waals surface area (Å²) in [6.45, 7) is 6.05. The number of fused-ring (bicyclic) bond motifs is 3. The smallest absolute Gasteiger partial charge is 0.255 e. The van der Waals surface area contributed by atoms with Crippen LogP contribution in [0.2, 0.25) is 0 Å². The van der Waals surface area contributed by atoms with Crippen LogP contribution in [0.15, 0.2) is 36.4 Å². The number of nitrogens with one attached hydrogen (secondary N) is 2. The summed E-state index contributed by atoms with van der Waals surface area (Å²) < 4.78 is 0.